The molecule has 9 heteroatoms. The molecule has 0 aliphatic carbocycles. The van der Waals surface area contributed by atoms with Crippen molar-refractivity contribution < 1.29 is 27.8 Å². The minimum Gasteiger partial charge on any atom is -0.493 e. The summed E-state index contributed by atoms with van der Waals surface area (Å²) in [5, 5.41) is 2.58. The maximum Gasteiger partial charge on any atom is 0.262 e. The van der Waals surface area contributed by atoms with Gasteiger partial charge in [0.15, 0.2) is 11.5 Å². The molecule has 0 saturated carbocycles. The van der Waals surface area contributed by atoms with E-state index >= 15 is 0 Å². The zero-order valence-electron chi connectivity index (χ0n) is 15.3. The second-order valence-electron chi connectivity index (χ2n) is 6.65. The number of carbonyl (C=O) groups is 2. The van der Waals surface area contributed by atoms with Crippen LogP contribution in [0.15, 0.2) is 18.2 Å². The second kappa shape index (κ2) is 7.67. The Labute approximate surface area is 156 Å². The smallest absolute Gasteiger partial charge is 0.262 e. The van der Waals surface area contributed by atoms with Crippen molar-refractivity contribution in [2.24, 2.45) is 0 Å². The Hall–Kier alpha value is -2.42. The third-order valence-electron chi connectivity index (χ3n) is 4.92. The molecule has 1 atom stereocenters. The molecule has 0 aromatic heterocycles. The van der Waals surface area contributed by atoms with Crippen LogP contribution in [-0.2, 0) is 4.79 Å². The highest BCUT2D eigenvalue weighted by molar-refractivity contribution is 5.98. The molecule has 2 aliphatic heterocycles. The zero-order valence-corrected chi connectivity index (χ0v) is 15.3. The van der Waals surface area contributed by atoms with Gasteiger partial charge < -0.3 is 19.3 Å². The van der Waals surface area contributed by atoms with E-state index in [0.29, 0.717) is 43.2 Å². The van der Waals surface area contributed by atoms with Crippen molar-refractivity contribution in [2.75, 3.05) is 46.9 Å². The van der Waals surface area contributed by atoms with Gasteiger partial charge in [0, 0.05) is 32.6 Å². The molecule has 0 bridgehead atoms. The number of carbonyl (C=O) groups excluding carboxylic acids is 2. The number of hydrogen-bond acceptors (Lipinski definition) is 5. The fourth-order valence-electron chi connectivity index (χ4n) is 3.47. The number of methoxy groups -OCH3 is 2. The van der Waals surface area contributed by atoms with Crippen molar-refractivity contribution in [1.82, 2.24) is 15.1 Å². The zero-order chi connectivity index (χ0) is 19.6. The fraction of sp³-hybridized carbons (Fsp3) is 0.556. The molecule has 7 nitrogen and oxygen atoms in total. The number of hydrogen-bond donors (Lipinski definition) is 1. The second-order valence-corrected chi connectivity index (χ2v) is 6.65. The number of alkyl halides is 2. The summed E-state index contributed by atoms with van der Waals surface area (Å²) in [6, 6.07) is 4.21. The van der Waals surface area contributed by atoms with E-state index in [1.54, 1.807) is 23.1 Å². The summed E-state index contributed by atoms with van der Waals surface area (Å²) in [7, 11) is 2.96. The Kier molecular flexibility index (Phi) is 5.50. The molecule has 1 aromatic carbocycles. The molecule has 0 radical (unpaired) electrons. The van der Waals surface area contributed by atoms with Gasteiger partial charge in [-0.15, -0.1) is 0 Å². The molecular weight excluding hydrogens is 360 g/mol. The molecule has 3 rings (SSSR count). The highest BCUT2D eigenvalue weighted by Gasteiger charge is 2.44. The van der Waals surface area contributed by atoms with Gasteiger partial charge in [-0.1, -0.05) is 6.07 Å². The van der Waals surface area contributed by atoms with Crippen LogP contribution in [0.5, 0.6) is 11.5 Å². The molecule has 2 saturated heterocycles. The van der Waals surface area contributed by atoms with E-state index < -0.39 is 24.9 Å². The molecule has 0 spiro atoms. The lowest BCUT2D eigenvalue weighted by Crippen LogP contribution is -2.54. The number of nitrogens with one attached hydrogen (secondary N) is 1. The predicted octanol–water partition coefficient (Wildman–Crippen LogP) is 0.985. The van der Waals surface area contributed by atoms with Crippen LogP contribution in [0.2, 0.25) is 0 Å². The Morgan fingerprint density at radius 1 is 1.11 bits per heavy atom. The van der Waals surface area contributed by atoms with E-state index in [1.807, 2.05) is 0 Å². The van der Waals surface area contributed by atoms with Crippen LogP contribution in [0.3, 0.4) is 0 Å². The number of ether oxygens (including phenoxy) is 2. The van der Waals surface area contributed by atoms with Crippen LogP contribution in [-0.4, -0.2) is 80.5 Å². The fourth-order valence-corrected chi connectivity index (χ4v) is 3.47. The van der Waals surface area contributed by atoms with Gasteiger partial charge in [0.05, 0.1) is 32.4 Å². The Balaban J connectivity index is 1.63. The largest absolute Gasteiger partial charge is 0.493 e. The summed E-state index contributed by atoms with van der Waals surface area (Å²) < 4.78 is 37.1. The van der Waals surface area contributed by atoms with E-state index in [9.17, 15) is 18.4 Å². The summed E-state index contributed by atoms with van der Waals surface area (Å²) in [5.41, 5.74) is 0.383. The number of benzene rings is 1. The lowest BCUT2D eigenvalue weighted by Gasteiger charge is -2.36. The van der Waals surface area contributed by atoms with E-state index in [0.717, 1.165) is 0 Å². The first-order valence-corrected chi connectivity index (χ1v) is 8.76. The number of piperazine rings is 1. The minimum absolute atomic E-state index is 0.219. The molecular formula is C18H23F2N3O4. The third kappa shape index (κ3) is 3.97. The highest BCUT2D eigenvalue weighted by atomic mass is 19.3. The summed E-state index contributed by atoms with van der Waals surface area (Å²) >= 11 is 0. The van der Waals surface area contributed by atoms with Gasteiger partial charge in [0.25, 0.3) is 11.8 Å². The first-order chi connectivity index (χ1) is 12.9. The van der Waals surface area contributed by atoms with Gasteiger partial charge in [0.1, 0.15) is 0 Å². The van der Waals surface area contributed by atoms with Gasteiger partial charge >= 0.3 is 0 Å². The lowest BCUT2D eigenvalue weighted by molar-refractivity contribution is -0.135. The average Bonchev–Trinajstić information content (AvgIpc) is 3.05. The first-order valence-electron chi connectivity index (χ1n) is 8.76. The first kappa shape index (κ1) is 19.3. The van der Waals surface area contributed by atoms with Crippen molar-refractivity contribution in [3.63, 3.8) is 0 Å². The van der Waals surface area contributed by atoms with E-state index in [1.165, 1.54) is 19.1 Å². The highest BCUT2D eigenvalue weighted by Crippen LogP contribution is 2.32. The molecule has 1 unspecified atom stereocenters. The van der Waals surface area contributed by atoms with Crippen LogP contribution in [0.1, 0.15) is 16.8 Å². The Morgan fingerprint density at radius 3 is 2.33 bits per heavy atom. The summed E-state index contributed by atoms with van der Waals surface area (Å²) in [6.45, 7) is 0.792. The van der Waals surface area contributed by atoms with Crippen LogP contribution in [0.25, 0.3) is 0 Å². The maximum absolute atomic E-state index is 13.3. The SMILES string of the molecule is COc1cccc(C(=O)N2CCN(C(=O)C3CC(F)(F)CN3)CC2)c1OC. The lowest BCUT2D eigenvalue weighted by atomic mass is 10.1. The standard InChI is InChI=1S/C18H23F2N3O4/c1-26-14-5-3-4-12(15(14)27-2)16(24)22-6-8-23(9-7-22)17(25)13-10-18(19,20)11-21-13/h3-5,13,21H,6-11H2,1-2H3. The summed E-state index contributed by atoms with van der Waals surface area (Å²) in [5.74, 6) is -2.57. The molecule has 1 aromatic rings. The number of nitrogens with zero attached hydrogens (tertiary/aromatic N) is 2. The van der Waals surface area contributed by atoms with E-state index in [-0.39, 0.29) is 11.8 Å². The van der Waals surface area contributed by atoms with Gasteiger partial charge in [-0.25, -0.2) is 8.78 Å². The van der Waals surface area contributed by atoms with Crippen LogP contribution in [0.4, 0.5) is 8.78 Å². The van der Waals surface area contributed by atoms with Crippen molar-refractivity contribution in [2.45, 2.75) is 18.4 Å². The van der Waals surface area contributed by atoms with Crippen molar-refractivity contribution >= 4 is 11.8 Å². The van der Waals surface area contributed by atoms with Crippen LogP contribution < -0.4 is 14.8 Å². The Bertz CT molecular complexity index is 721. The van der Waals surface area contributed by atoms with Crippen LogP contribution in [0, 0.1) is 0 Å². The minimum atomic E-state index is -2.85. The normalized spacial score (nSPS) is 21.9. The number of amides is 2. The van der Waals surface area contributed by atoms with Gasteiger partial charge in [0.2, 0.25) is 5.91 Å². The number of halogens is 2. The summed E-state index contributed by atoms with van der Waals surface area (Å²) in [4.78, 5) is 28.4. The van der Waals surface area contributed by atoms with Crippen LogP contribution >= 0.6 is 0 Å². The third-order valence-corrected chi connectivity index (χ3v) is 4.92. The molecule has 27 heavy (non-hydrogen) atoms. The molecule has 1 N–H and O–H groups in total. The molecule has 2 fully saturated rings. The number of para-hydroxylation sites is 1. The molecule has 2 aliphatic rings. The van der Waals surface area contributed by atoms with Crippen molar-refractivity contribution in [3.8, 4) is 11.5 Å². The van der Waals surface area contributed by atoms with E-state index in [2.05, 4.69) is 5.32 Å². The monoisotopic (exact) mass is 383 g/mol. The average molecular weight is 383 g/mol. The molecule has 2 heterocycles. The van der Waals surface area contributed by atoms with E-state index in [4.69, 9.17) is 9.47 Å². The van der Waals surface area contributed by atoms with Crippen molar-refractivity contribution in [3.05, 3.63) is 23.8 Å². The van der Waals surface area contributed by atoms with Gasteiger partial charge in [-0.2, -0.15) is 0 Å². The van der Waals surface area contributed by atoms with Gasteiger partial charge in [-0.3, -0.25) is 14.9 Å². The van der Waals surface area contributed by atoms with Gasteiger partial charge in [-0.05, 0) is 12.1 Å². The topological polar surface area (TPSA) is 71.1 Å². The maximum atomic E-state index is 13.3. The quantitative estimate of drug-likeness (QED) is 0.840. The number of rotatable bonds is 4. The molecule has 2 amide bonds. The predicted molar refractivity (Wildman–Crippen MR) is 93.4 cm³/mol. The Morgan fingerprint density at radius 2 is 1.78 bits per heavy atom. The summed E-state index contributed by atoms with van der Waals surface area (Å²) in [6.07, 6.45) is -0.480. The molecule has 148 valence electrons. The van der Waals surface area contributed by atoms with Crippen molar-refractivity contribution in [1.29, 1.82) is 0 Å².